The minimum atomic E-state index is -0.508. The smallest absolute Gasteiger partial charge is 0.355 e. The fourth-order valence-electron chi connectivity index (χ4n) is 4.53. The summed E-state index contributed by atoms with van der Waals surface area (Å²) >= 11 is 0. The van der Waals surface area contributed by atoms with Crippen LogP contribution in [0.4, 0.5) is 0 Å². The average Bonchev–Trinajstić information content (AvgIpc) is 3.18. The van der Waals surface area contributed by atoms with Gasteiger partial charge in [-0.2, -0.15) is 0 Å². The van der Waals surface area contributed by atoms with E-state index in [2.05, 4.69) is 0 Å². The number of fused-ring (bicyclic) bond motifs is 7. The third kappa shape index (κ3) is 3.16. The van der Waals surface area contributed by atoms with Gasteiger partial charge in [0.1, 0.15) is 12.2 Å². The van der Waals surface area contributed by atoms with Gasteiger partial charge in [0, 0.05) is 10.8 Å². The first kappa shape index (κ1) is 20.8. The van der Waals surface area contributed by atoms with Crippen molar-refractivity contribution >= 4 is 50.0 Å². The van der Waals surface area contributed by atoms with Crippen molar-refractivity contribution in [2.45, 2.75) is 20.4 Å². The lowest BCUT2D eigenvalue weighted by Crippen LogP contribution is -2.26. The maximum atomic E-state index is 13.8. The van der Waals surface area contributed by atoms with E-state index < -0.39 is 11.9 Å². The SMILES string of the molecule is CCOC(=O)Cn1c(=O)c2c(c(C(=O)OCC)n3c4ccccc4ccc23)c2ccccc21. The van der Waals surface area contributed by atoms with Gasteiger partial charge in [0.15, 0.2) is 0 Å². The predicted molar refractivity (Wildman–Crippen MR) is 127 cm³/mol. The second-order valence-electron chi connectivity index (χ2n) is 7.65. The van der Waals surface area contributed by atoms with Crippen LogP contribution >= 0.6 is 0 Å². The van der Waals surface area contributed by atoms with Gasteiger partial charge in [-0.15, -0.1) is 0 Å². The van der Waals surface area contributed by atoms with Gasteiger partial charge in [-0.05, 0) is 37.4 Å². The van der Waals surface area contributed by atoms with Crippen LogP contribution in [0, 0.1) is 0 Å². The first-order valence-corrected chi connectivity index (χ1v) is 10.9. The summed E-state index contributed by atoms with van der Waals surface area (Å²) < 4.78 is 13.7. The van der Waals surface area contributed by atoms with Crippen LogP contribution in [-0.4, -0.2) is 34.1 Å². The van der Waals surface area contributed by atoms with Crippen molar-refractivity contribution < 1.29 is 19.1 Å². The van der Waals surface area contributed by atoms with Crippen molar-refractivity contribution in [2.24, 2.45) is 0 Å². The number of para-hydroxylation sites is 2. The van der Waals surface area contributed by atoms with Crippen molar-refractivity contribution in [3.05, 3.63) is 76.7 Å². The average molecular weight is 442 g/mol. The number of hydrogen-bond acceptors (Lipinski definition) is 5. The molecule has 0 atom stereocenters. The Morgan fingerprint density at radius 2 is 1.48 bits per heavy atom. The first-order valence-electron chi connectivity index (χ1n) is 10.9. The fraction of sp³-hybridized carbons (Fsp3) is 0.192. The summed E-state index contributed by atoms with van der Waals surface area (Å²) in [5.41, 5.74) is 1.86. The molecule has 2 aromatic carbocycles. The van der Waals surface area contributed by atoms with Crippen molar-refractivity contribution in [3.8, 4) is 0 Å². The fourth-order valence-corrected chi connectivity index (χ4v) is 4.53. The number of rotatable bonds is 5. The maximum absolute atomic E-state index is 13.8. The van der Waals surface area contributed by atoms with E-state index in [9.17, 15) is 14.4 Å². The molecule has 0 N–H and O–H groups in total. The molecule has 0 unspecified atom stereocenters. The Bertz CT molecular complexity index is 1630. The van der Waals surface area contributed by atoms with Crippen LogP contribution in [-0.2, 0) is 20.8 Å². The summed E-state index contributed by atoms with van der Waals surface area (Å²) in [6.45, 7) is 3.68. The molecule has 7 heteroatoms. The van der Waals surface area contributed by atoms with Crippen molar-refractivity contribution in [2.75, 3.05) is 13.2 Å². The Morgan fingerprint density at radius 1 is 0.788 bits per heavy atom. The number of aromatic nitrogens is 2. The van der Waals surface area contributed by atoms with Gasteiger partial charge in [-0.1, -0.05) is 42.5 Å². The van der Waals surface area contributed by atoms with E-state index in [0.717, 1.165) is 10.9 Å². The molecule has 0 aliphatic rings. The topological polar surface area (TPSA) is 79.0 Å². The molecular weight excluding hydrogens is 420 g/mol. The highest BCUT2D eigenvalue weighted by Crippen LogP contribution is 2.34. The van der Waals surface area contributed by atoms with Crippen LogP contribution in [0.3, 0.4) is 0 Å². The molecule has 3 heterocycles. The number of ether oxygens (including phenoxy) is 2. The highest BCUT2D eigenvalue weighted by atomic mass is 16.5. The molecule has 0 aliphatic carbocycles. The third-order valence-electron chi connectivity index (χ3n) is 5.79. The lowest BCUT2D eigenvalue weighted by atomic mass is 10.1. The molecule has 0 saturated heterocycles. The second kappa shape index (κ2) is 8.09. The second-order valence-corrected chi connectivity index (χ2v) is 7.65. The zero-order valence-electron chi connectivity index (χ0n) is 18.3. The maximum Gasteiger partial charge on any atom is 0.355 e. The van der Waals surface area contributed by atoms with Crippen LogP contribution in [0.5, 0.6) is 0 Å². The standard InChI is InChI=1S/C26H22N2O5/c1-3-32-21(29)15-27-19-12-8-6-10-17(19)22-23(25(27)30)20-14-13-16-9-5-7-11-18(16)28(20)24(22)26(31)33-4-2/h5-14H,3-4,15H2,1-2H3. The monoisotopic (exact) mass is 442 g/mol. The van der Waals surface area contributed by atoms with E-state index in [1.165, 1.54) is 4.57 Å². The minimum Gasteiger partial charge on any atom is -0.465 e. The van der Waals surface area contributed by atoms with Gasteiger partial charge < -0.3 is 13.9 Å². The third-order valence-corrected chi connectivity index (χ3v) is 5.79. The van der Waals surface area contributed by atoms with E-state index in [1.807, 2.05) is 48.5 Å². The van der Waals surface area contributed by atoms with Crippen molar-refractivity contribution in [1.82, 2.24) is 8.97 Å². The minimum absolute atomic E-state index is 0.205. The molecule has 0 amide bonds. The summed E-state index contributed by atoms with van der Waals surface area (Å²) in [5, 5.41) is 2.50. The molecule has 0 aliphatic heterocycles. The van der Waals surface area contributed by atoms with Crippen LogP contribution in [0.2, 0.25) is 0 Å². The number of hydrogen-bond donors (Lipinski definition) is 0. The zero-order chi connectivity index (χ0) is 23.1. The number of esters is 2. The van der Waals surface area contributed by atoms with Gasteiger partial charge in [0.05, 0.1) is 35.2 Å². The molecule has 0 fully saturated rings. The molecular formula is C26H22N2O5. The quantitative estimate of drug-likeness (QED) is 0.379. The van der Waals surface area contributed by atoms with Crippen LogP contribution in [0.1, 0.15) is 24.3 Å². The summed E-state index contributed by atoms with van der Waals surface area (Å²) in [6, 6.07) is 18.7. The van der Waals surface area contributed by atoms with Crippen LogP contribution < -0.4 is 5.56 Å². The molecule has 0 saturated carbocycles. The lowest BCUT2D eigenvalue weighted by Gasteiger charge is -2.11. The summed E-state index contributed by atoms with van der Waals surface area (Å²) in [6.07, 6.45) is 0. The van der Waals surface area contributed by atoms with Gasteiger partial charge in [0.25, 0.3) is 5.56 Å². The molecule has 3 aromatic heterocycles. The Kier molecular flexibility index (Phi) is 5.09. The number of carbonyl (C=O) groups excluding carboxylic acids is 2. The molecule has 0 spiro atoms. The highest BCUT2D eigenvalue weighted by Gasteiger charge is 2.26. The van der Waals surface area contributed by atoms with E-state index >= 15 is 0 Å². The van der Waals surface area contributed by atoms with E-state index in [1.54, 1.807) is 30.4 Å². The van der Waals surface area contributed by atoms with Gasteiger partial charge in [0.2, 0.25) is 0 Å². The molecule has 0 bridgehead atoms. The number of carbonyl (C=O) groups is 2. The Labute approximate surface area is 188 Å². The Morgan fingerprint density at radius 3 is 2.24 bits per heavy atom. The number of pyridine rings is 2. The van der Waals surface area contributed by atoms with Crippen LogP contribution in [0.15, 0.2) is 65.5 Å². The molecule has 5 aromatic rings. The molecule has 5 rings (SSSR count). The predicted octanol–water partition coefficient (Wildman–Crippen LogP) is 4.30. The molecule has 7 nitrogen and oxygen atoms in total. The lowest BCUT2D eigenvalue weighted by molar-refractivity contribution is -0.143. The number of nitrogens with zero attached hydrogens (tertiary/aromatic N) is 2. The zero-order valence-corrected chi connectivity index (χ0v) is 18.3. The molecule has 166 valence electrons. The molecule has 0 radical (unpaired) electrons. The highest BCUT2D eigenvalue weighted by molar-refractivity contribution is 6.21. The Hall–Kier alpha value is -4.13. The van der Waals surface area contributed by atoms with Crippen molar-refractivity contribution in [3.63, 3.8) is 0 Å². The summed E-state index contributed by atoms with van der Waals surface area (Å²) in [5.74, 6) is -1.00. The van der Waals surface area contributed by atoms with E-state index in [0.29, 0.717) is 32.9 Å². The Balaban J connectivity index is 2.03. The largest absolute Gasteiger partial charge is 0.465 e. The number of benzene rings is 2. The summed E-state index contributed by atoms with van der Waals surface area (Å²) in [4.78, 5) is 39.4. The van der Waals surface area contributed by atoms with E-state index in [-0.39, 0.29) is 25.3 Å². The van der Waals surface area contributed by atoms with Gasteiger partial charge >= 0.3 is 11.9 Å². The van der Waals surface area contributed by atoms with E-state index in [4.69, 9.17) is 9.47 Å². The van der Waals surface area contributed by atoms with Crippen LogP contribution in [0.25, 0.3) is 38.1 Å². The van der Waals surface area contributed by atoms with Crippen molar-refractivity contribution in [1.29, 1.82) is 0 Å². The van der Waals surface area contributed by atoms with Gasteiger partial charge in [-0.25, -0.2) is 4.79 Å². The first-order chi connectivity index (χ1) is 16.1. The molecule has 33 heavy (non-hydrogen) atoms. The van der Waals surface area contributed by atoms with Gasteiger partial charge in [-0.3, -0.25) is 14.2 Å². The normalized spacial score (nSPS) is 11.5. The summed E-state index contributed by atoms with van der Waals surface area (Å²) in [7, 11) is 0.